The van der Waals surface area contributed by atoms with Crippen molar-refractivity contribution in [1.29, 1.82) is 0 Å². The Hall–Kier alpha value is -3.03. The Kier molecular flexibility index (Phi) is 6.91. The summed E-state index contributed by atoms with van der Waals surface area (Å²) in [5.41, 5.74) is 5.17. The largest absolute Gasteiger partial charge is 0.395 e. The predicted molar refractivity (Wildman–Crippen MR) is 133 cm³/mol. The second-order valence-electron chi connectivity index (χ2n) is 8.89. The molecule has 1 fully saturated rings. The van der Waals surface area contributed by atoms with Gasteiger partial charge in [0.2, 0.25) is 0 Å². The zero-order valence-corrected chi connectivity index (χ0v) is 19.8. The van der Waals surface area contributed by atoms with Crippen molar-refractivity contribution in [2.24, 2.45) is 0 Å². The number of aliphatic hydroxyl groups is 1. The van der Waals surface area contributed by atoms with Crippen LogP contribution in [0, 0.1) is 6.92 Å². The van der Waals surface area contributed by atoms with E-state index in [-0.39, 0.29) is 12.2 Å². The van der Waals surface area contributed by atoms with Gasteiger partial charge < -0.3 is 14.6 Å². The first-order valence-electron chi connectivity index (χ1n) is 11.7. The Morgan fingerprint density at radius 3 is 2.70 bits per heavy atom. The quantitative estimate of drug-likeness (QED) is 0.596. The highest BCUT2D eigenvalue weighted by Crippen LogP contribution is 2.28. The lowest BCUT2D eigenvalue weighted by Gasteiger charge is -2.31. The summed E-state index contributed by atoms with van der Waals surface area (Å²) in [6.45, 7) is 13.0. The van der Waals surface area contributed by atoms with Crippen LogP contribution in [-0.4, -0.2) is 55.2 Å². The minimum Gasteiger partial charge on any atom is -0.395 e. The van der Waals surface area contributed by atoms with E-state index in [1.165, 1.54) is 5.56 Å². The third-order valence-electron chi connectivity index (χ3n) is 6.49. The van der Waals surface area contributed by atoms with Crippen LogP contribution in [0.1, 0.15) is 61.8 Å². The monoisotopic (exact) mass is 447 g/mol. The summed E-state index contributed by atoms with van der Waals surface area (Å²) in [6, 6.07) is 5.64. The maximum Gasteiger partial charge on any atom is 0.258 e. The number of nitrogens with zero attached hydrogens (tertiary/aromatic N) is 5. The van der Waals surface area contributed by atoms with Gasteiger partial charge in [-0.3, -0.25) is 9.20 Å². The van der Waals surface area contributed by atoms with E-state index in [1.54, 1.807) is 10.5 Å². The smallest absolute Gasteiger partial charge is 0.258 e. The van der Waals surface area contributed by atoms with Gasteiger partial charge in [0.1, 0.15) is 11.5 Å². The summed E-state index contributed by atoms with van der Waals surface area (Å²) >= 11 is 0. The molecule has 4 heterocycles. The fourth-order valence-corrected chi connectivity index (χ4v) is 4.50. The van der Waals surface area contributed by atoms with Crippen LogP contribution < -0.4 is 5.56 Å². The number of allylic oxidation sites excluding steroid dienone is 2. The van der Waals surface area contributed by atoms with E-state index in [2.05, 4.69) is 29.5 Å². The number of aryl methyl sites for hydroxylation is 1. The molecule has 1 aliphatic rings. The molecule has 0 aliphatic carbocycles. The predicted octanol–water partition coefficient (Wildman–Crippen LogP) is 3.81. The molecule has 3 aromatic heterocycles. The molecule has 0 amide bonds. The lowest BCUT2D eigenvalue weighted by atomic mass is 9.90. The summed E-state index contributed by atoms with van der Waals surface area (Å²) in [4.78, 5) is 24.6. The number of aromatic nitrogens is 4. The number of rotatable bonds is 7. The van der Waals surface area contributed by atoms with Crippen LogP contribution >= 0.6 is 0 Å². The van der Waals surface area contributed by atoms with Crippen molar-refractivity contribution in [2.45, 2.75) is 46.0 Å². The number of aliphatic hydroxyl groups excluding tert-OH is 1. The Morgan fingerprint density at radius 1 is 1.24 bits per heavy atom. The van der Waals surface area contributed by atoms with E-state index in [0.29, 0.717) is 17.3 Å². The van der Waals surface area contributed by atoms with Gasteiger partial charge in [-0.15, -0.1) is 0 Å². The highest BCUT2D eigenvalue weighted by Gasteiger charge is 2.21. The third kappa shape index (κ3) is 4.99. The van der Waals surface area contributed by atoms with Crippen LogP contribution in [0.3, 0.4) is 0 Å². The molecule has 0 unspecified atom stereocenters. The Bertz CT molecular complexity index is 1250. The first-order valence-corrected chi connectivity index (χ1v) is 11.7. The molecule has 3 aromatic rings. The summed E-state index contributed by atoms with van der Waals surface area (Å²) in [6.07, 6.45) is 8.76. The minimum atomic E-state index is -0.0812. The molecule has 174 valence electrons. The van der Waals surface area contributed by atoms with Gasteiger partial charge in [-0.05, 0) is 74.9 Å². The number of likely N-dealkylation sites (tertiary alicyclic amines) is 1. The number of fused-ring (bicyclic) bond motifs is 1. The highest BCUT2D eigenvalue weighted by atomic mass is 16.3. The average Bonchev–Trinajstić information content (AvgIpc) is 3.18. The zero-order chi connectivity index (χ0) is 23.5. The topological polar surface area (TPSA) is 75.7 Å². The SMILES string of the molecule is C=C(CC)c1nc(C)cn1/C=C(\C)c1cc(=O)n2cc(C3CCN(CCO)CC3)ccc2n1. The van der Waals surface area contributed by atoms with E-state index < -0.39 is 0 Å². The van der Waals surface area contributed by atoms with Crippen molar-refractivity contribution in [2.75, 3.05) is 26.2 Å². The molecule has 0 bridgehead atoms. The van der Waals surface area contributed by atoms with Crippen LogP contribution in [0.2, 0.25) is 0 Å². The summed E-state index contributed by atoms with van der Waals surface area (Å²) in [5.74, 6) is 1.26. The van der Waals surface area contributed by atoms with Crippen LogP contribution in [-0.2, 0) is 0 Å². The zero-order valence-electron chi connectivity index (χ0n) is 19.8. The molecule has 4 rings (SSSR count). The molecule has 0 spiro atoms. The number of pyridine rings is 1. The standard InChI is InChI=1S/C26H33N5O2/c1-5-18(2)26-27-20(4)16-30(26)15-19(3)23-14-25(33)31-17-22(6-7-24(31)28-23)21-8-10-29(11-9-21)12-13-32/h6-7,14-17,21,32H,2,5,8-13H2,1,3-4H3/b19-15+. The van der Waals surface area contributed by atoms with Crippen molar-refractivity contribution in [3.63, 3.8) is 0 Å². The van der Waals surface area contributed by atoms with Crippen LogP contribution in [0.4, 0.5) is 0 Å². The van der Waals surface area contributed by atoms with Crippen molar-refractivity contribution in [1.82, 2.24) is 23.8 Å². The molecule has 7 nitrogen and oxygen atoms in total. The van der Waals surface area contributed by atoms with Gasteiger partial charge >= 0.3 is 0 Å². The molecule has 7 heteroatoms. The fourth-order valence-electron chi connectivity index (χ4n) is 4.50. The van der Waals surface area contributed by atoms with Gasteiger partial charge in [0, 0.05) is 31.2 Å². The van der Waals surface area contributed by atoms with Gasteiger partial charge in [-0.2, -0.15) is 0 Å². The van der Waals surface area contributed by atoms with Crippen LogP contribution in [0.25, 0.3) is 23.0 Å². The molecule has 0 aromatic carbocycles. The molecule has 1 aliphatic heterocycles. The van der Waals surface area contributed by atoms with Crippen molar-refractivity contribution in [3.05, 3.63) is 70.3 Å². The minimum absolute atomic E-state index is 0.0812. The molecule has 0 saturated carbocycles. The van der Waals surface area contributed by atoms with Crippen LogP contribution in [0.5, 0.6) is 0 Å². The Labute approximate surface area is 194 Å². The molecule has 0 radical (unpaired) electrons. The second kappa shape index (κ2) is 9.85. The van der Waals surface area contributed by atoms with Gasteiger partial charge in [0.05, 0.1) is 18.0 Å². The number of β-amino-alcohol motifs (C(OH)–C–C–N with tert-alkyl or cyclic N) is 1. The second-order valence-corrected chi connectivity index (χ2v) is 8.89. The molecular weight excluding hydrogens is 414 g/mol. The molecule has 1 saturated heterocycles. The highest BCUT2D eigenvalue weighted by molar-refractivity contribution is 5.74. The molecule has 0 atom stereocenters. The Balaban J connectivity index is 1.61. The maximum atomic E-state index is 13.0. The first kappa shape index (κ1) is 23.1. The van der Waals surface area contributed by atoms with Crippen molar-refractivity contribution >= 4 is 23.0 Å². The maximum absolute atomic E-state index is 13.0. The summed E-state index contributed by atoms with van der Waals surface area (Å²) in [5, 5.41) is 9.15. The van der Waals surface area contributed by atoms with E-state index in [1.807, 2.05) is 43.1 Å². The third-order valence-corrected chi connectivity index (χ3v) is 6.49. The first-order chi connectivity index (χ1) is 15.9. The number of hydrogen-bond acceptors (Lipinski definition) is 5. The molecular formula is C26H33N5O2. The van der Waals surface area contributed by atoms with Crippen molar-refractivity contribution in [3.8, 4) is 0 Å². The number of imidazole rings is 1. The van der Waals surface area contributed by atoms with Crippen LogP contribution in [0.15, 0.2) is 42.0 Å². The molecule has 1 N–H and O–H groups in total. The lowest BCUT2D eigenvalue weighted by molar-refractivity contribution is 0.164. The average molecular weight is 448 g/mol. The lowest BCUT2D eigenvalue weighted by Crippen LogP contribution is -2.35. The van der Waals surface area contributed by atoms with Gasteiger partial charge in [-0.1, -0.05) is 19.6 Å². The Morgan fingerprint density at radius 2 is 2.00 bits per heavy atom. The fraction of sp³-hybridized carbons (Fsp3) is 0.423. The van der Waals surface area contributed by atoms with E-state index in [9.17, 15) is 4.79 Å². The van der Waals surface area contributed by atoms with E-state index >= 15 is 0 Å². The number of hydrogen-bond donors (Lipinski definition) is 1. The van der Waals surface area contributed by atoms with Gasteiger partial charge in [-0.25, -0.2) is 9.97 Å². The van der Waals surface area contributed by atoms with Crippen molar-refractivity contribution < 1.29 is 5.11 Å². The summed E-state index contributed by atoms with van der Waals surface area (Å²) < 4.78 is 3.62. The summed E-state index contributed by atoms with van der Waals surface area (Å²) in [7, 11) is 0. The van der Waals surface area contributed by atoms with Gasteiger partial charge in [0.25, 0.3) is 5.56 Å². The molecule has 33 heavy (non-hydrogen) atoms. The van der Waals surface area contributed by atoms with E-state index in [0.717, 1.165) is 61.6 Å². The van der Waals surface area contributed by atoms with E-state index in [4.69, 9.17) is 10.1 Å². The number of piperidine rings is 1. The normalized spacial score (nSPS) is 15.9. The van der Waals surface area contributed by atoms with Gasteiger partial charge in [0.15, 0.2) is 0 Å².